The Morgan fingerprint density at radius 3 is 2.52 bits per heavy atom. The van der Waals surface area contributed by atoms with Gasteiger partial charge in [0.25, 0.3) is 0 Å². The zero-order valence-electron chi connectivity index (χ0n) is 18.9. The smallest absolute Gasteiger partial charge is 0.182 e. The Bertz CT molecular complexity index is 877. The van der Waals surface area contributed by atoms with Crippen molar-refractivity contribution < 1.29 is 8.42 Å². The largest absolute Gasteiger partial charge is 0.223 e. The van der Waals surface area contributed by atoms with E-state index in [1.165, 1.54) is 25.7 Å². The standard InChI is InChI=1S/C26H38O2S/c1-20(19-29(27,28)22-12-7-6-8-13-22)11-9-14-23-21(2)15-16-24-25(3,4)17-10-18-26(23,24)5/h6-8,11-13,15,23-24H,9-10,14,16-19H2,1-5H3/b20-11+/t23-,24-,26+/m0/s1. The van der Waals surface area contributed by atoms with E-state index >= 15 is 0 Å². The van der Waals surface area contributed by atoms with Crippen molar-refractivity contribution in [2.75, 3.05) is 5.75 Å². The number of fused-ring (bicyclic) bond motifs is 1. The summed E-state index contributed by atoms with van der Waals surface area (Å²) in [7, 11) is -3.25. The second-order valence-corrected chi connectivity index (χ2v) is 12.3. The van der Waals surface area contributed by atoms with E-state index in [1.807, 2.05) is 13.0 Å². The molecule has 0 amide bonds. The molecule has 0 aromatic heterocycles. The molecule has 0 saturated heterocycles. The van der Waals surface area contributed by atoms with Gasteiger partial charge in [0.2, 0.25) is 0 Å². The SMILES string of the molecule is CC1=CC[C@H]2C(C)(C)CCC[C@]2(C)[C@H]1CC/C=C(\C)CS(=O)(=O)c1ccccc1. The van der Waals surface area contributed by atoms with Crippen molar-refractivity contribution >= 4 is 9.84 Å². The van der Waals surface area contributed by atoms with Crippen LogP contribution in [0.25, 0.3) is 0 Å². The van der Waals surface area contributed by atoms with E-state index in [-0.39, 0.29) is 5.75 Å². The number of hydrogen-bond donors (Lipinski definition) is 0. The molecular weight excluding hydrogens is 376 g/mol. The molecule has 160 valence electrons. The summed E-state index contributed by atoms with van der Waals surface area (Å²) >= 11 is 0. The Kier molecular flexibility index (Phi) is 6.48. The first-order valence-corrected chi connectivity index (χ1v) is 12.8. The monoisotopic (exact) mass is 414 g/mol. The van der Waals surface area contributed by atoms with Crippen molar-refractivity contribution in [3.8, 4) is 0 Å². The first-order valence-electron chi connectivity index (χ1n) is 11.2. The van der Waals surface area contributed by atoms with Gasteiger partial charge in [0.1, 0.15) is 0 Å². The van der Waals surface area contributed by atoms with Crippen LogP contribution in [-0.2, 0) is 9.84 Å². The molecular formula is C26H38O2S. The molecule has 0 bridgehead atoms. The van der Waals surface area contributed by atoms with Gasteiger partial charge in [0, 0.05) is 0 Å². The highest BCUT2D eigenvalue weighted by molar-refractivity contribution is 7.91. The Morgan fingerprint density at radius 2 is 1.83 bits per heavy atom. The van der Waals surface area contributed by atoms with Gasteiger partial charge >= 0.3 is 0 Å². The zero-order valence-corrected chi connectivity index (χ0v) is 19.7. The van der Waals surface area contributed by atoms with E-state index in [2.05, 4.69) is 39.8 Å². The Morgan fingerprint density at radius 1 is 1.14 bits per heavy atom. The number of allylic oxidation sites excluding steroid dienone is 3. The highest BCUT2D eigenvalue weighted by Gasteiger charge is 2.51. The third-order valence-corrected chi connectivity index (χ3v) is 9.59. The molecule has 3 rings (SSSR count). The molecule has 29 heavy (non-hydrogen) atoms. The van der Waals surface area contributed by atoms with Crippen molar-refractivity contribution in [1.82, 2.24) is 0 Å². The van der Waals surface area contributed by atoms with Gasteiger partial charge in [0.15, 0.2) is 9.84 Å². The van der Waals surface area contributed by atoms with Crippen LogP contribution >= 0.6 is 0 Å². The minimum Gasteiger partial charge on any atom is -0.223 e. The second kappa shape index (κ2) is 8.41. The fourth-order valence-electron chi connectivity index (χ4n) is 6.26. The fourth-order valence-corrected chi connectivity index (χ4v) is 7.72. The number of benzene rings is 1. The molecule has 1 aromatic carbocycles. The third kappa shape index (κ3) is 4.71. The maximum absolute atomic E-state index is 12.6. The normalized spacial score (nSPS) is 29.8. The Hall–Kier alpha value is -1.35. The van der Waals surface area contributed by atoms with E-state index in [0.717, 1.165) is 24.3 Å². The van der Waals surface area contributed by atoms with Crippen LogP contribution in [0.5, 0.6) is 0 Å². The lowest BCUT2D eigenvalue weighted by atomic mass is 9.48. The van der Waals surface area contributed by atoms with Gasteiger partial charge in [-0.2, -0.15) is 0 Å². The van der Waals surface area contributed by atoms with Gasteiger partial charge in [-0.05, 0) is 80.8 Å². The molecule has 2 aliphatic rings. The van der Waals surface area contributed by atoms with Crippen molar-refractivity contribution in [3.05, 3.63) is 53.6 Å². The lowest BCUT2D eigenvalue weighted by Gasteiger charge is -2.57. The van der Waals surface area contributed by atoms with Crippen molar-refractivity contribution in [3.63, 3.8) is 0 Å². The highest BCUT2D eigenvalue weighted by Crippen LogP contribution is 2.60. The fraction of sp³-hybridized carbons (Fsp3) is 0.615. The van der Waals surface area contributed by atoms with Gasteiger partial charge in [-0.1, -0.05) is 68.7 Å². The molecule has 0 spiro atoms. The van der Waals surface area contributed by atoms with Gasteiger partial charge in [-0.3, -0.25) is 0 Å². The highest BCUT2D eigenvalue weighted by atomic mass is 32.2. The van der Waals surface area contributed by atoms with E-state index in [4.69, 9.17) is 0 Å². The zero-order chi connectivity index (χ0) is 21.3. The Balaban J connectivity index is 1.68. The van der Waals surface area contributed by atoms with Crippen LogP contribution in [0.2, 0.25) is 0 Å². The van der Waals surface area contributed by atoms with Crippen LogP contribution in [0.1, 0.15) is 73.1 Å². The van der Waals surface area contributed by atoms with Crippen LogP contribution in [0.4, 0.5) is 0 Å². The topological polar surface area (TPSA) is 34.1 Å². The predicted molar refractivity (Wildman–Crippen MR) is 123 cm³/mol. The summed E-state index contributed by atoms with van der Waals surface area (Å²) in [5.41, 5.74) is 3.29. The first-order chi connectivity index (χ1) is 13.6. The van der Waals surface area contributed by atoms with Crippen LogP contribution in [0, 0.1) is 22.7 Å². The van der Waals surface area contributed by atoms with Crippen LogP contribution in [0.15, 0.2) is 58.5 Å². The van der Waals surface area contributed by atoms with Crippen molar-refractivity contribution in [2.45, 2.75) is 78.0 Å². The summed E-state index contributed by atoms with van der Waals surface area (Å²) in [4.78, 5) is 0.415. The average molecular weight is 415 g/mol. The van der Waals surface area contributed by atoms with Crippen molar-refractivity contribution in [2.24, 2.45) is 22.7 Å². The molecule has 0 heterocycles. The molecule has 1 aromatic rings. The lowest BCUT2D eigenvalue weighted by Crippen LogP contribution is -2.48. The predicted octanol–water partition coefficient (Wildman–Crippen LogP) is 6.99. The van der Waals surface area contributed by atoms with E-state index in [0.29, 0.717) is 21.6 Å². The molecule has 2 aliphatic carbocycles. The molecule has 0 aliphatic heterocycles. The summed E-state index contributed by atoms with van der Waals surface area (Å²) in [5.74, 6) is 1.47. The van der Waals surface area contributed by atoms with Crippen LogP contribution in [0.3, 0.4) is 0 Å². The summed E-state index contributed by atoms with van der Waals surface area (Å²) in [5, 5.41) is 0. The number of hydrogen-bond acceptors (Lipinski definition) is 2. The molecule has 3 atom stereocenters. The molecule has 0 unspecified atom stereocenters. The van der Waals surface area contributed by atoms with E-state index in [9.17, 15) is 8.42 Å². The van der Waals surface area contributed by atoms with Gasteiger partial charge in [-0.25, -0.2) is 8.42 Å². The second-order valence-electron chi connectivity index (χ2n) is 10.3. The molecule has 1 fully saturated rings. The van der Waals surface area contributed by atoms with Gasteiger partial charge in [0.05, 0.1) is 10.6 Å². The van der Waals surface area contributed by atoms with Gasteiger partial charge in [-0.15, -0.1) is 0 Å². The molecule has 3 heteroatoms. The molecule has 0 N–H and O–H groups in total. The molecule has 2 nitrogen and oxygen atoms in total. The maximum atomic E-state index is 12.6. The van der Waals surface area contributed by atoms with Crippen molar-refractivity contribution in [1.29, 1.82) is 0 Å². The number of sulfone groups is 1. The summed E-state index contributed by atoms with van der Waals surface area (Å²) in [6, 6.07) is 8.79. The van der Waals surface area contributed by atoms with Gasteiger partial charge < -0.3 is 0 Å². The third-order valence-electron chi connectivity index (χ3n) is 7.77. The molecule has 1 saturated carbocycles. The van der Waals surface area contributed by atoms with Crippen LogP contribution in [-0.4, -0.2) is 14.2 Å². The quantitative estimate of drug-likeness (QED) is 0.470. The van der Waals surface area contributed by atoms with E-state index < -0.39 is 9.84 Å². The Labute approximate surface area is 178 Å². The minimum absolute atomic E-state index is 0.115. The lowest BCUT2D eigenvalue weighted by molar-refractivity contribution is -0.0388. The first kappa shape index (κ1) is 22.3. The minimum atomic E-state index is -3.25. The maximum Gasteiger partial charge on any atom is 0.182 e. The average Bonchev–Trinajstić information content (AvgIpc) is 2.63. The summed E-state index contributed by atoms with van der Waals surface area (Å²) < 4.78 is 25.2. The molecule has 0 radical (unpaired) electrons. The van der Waals surface area contributed by atoms with Crippen LogP contribution < -0.4 is 0 Å². The summed E-state index contributed by atoms with van der Waals surface area (Å²) in [6.07, 6.45) is 11.9. The number of rotatable bonds is 6. The van der Waals surface area contributed by atoms with E-state index in [1.54, 1.807) is 29.8 Å². The summed E-state index contributed by atoms with van der Waals surface area (Å²) in [6.45, 7) is 11.7.